The molecule has 1 amide bonds. The zero-order chi connectivity index (χ0) is 42.9. The number of thioether (sulfide) groups is 1. The molecule has 14 heteroatoms. The highest BCUT2D eigenvalue weighted by Crippen LogP contribution is 2.45. The molecule has 2 heterocycles. The van der Waals surface area contributed by atoms with E-state index in [-0.39, 0.29) is 23.9 Å². The van der Waals surface area contributed by atoms with Crippen molar-refractivity contribution in [2.75, 3.05) is 5.73 Å². The molecule has 0 spiro atoms. The van der Waals surface area contributed by atoms with Gasteiger partial charge in [0.25, 0.3) is 0 Å². The quantitative estimate of drug-likeness (QED) is 0.0819. The predicted octanol–water partition coefficient (Wildman–Crippen LogP) is 11.8. The highest BCUT2D eigenvalue weighted by molar-refractivity contribution is 8.05. The number of nitrogens with two attached hydrogens (primary N) is 1. The number of Topliss-reactive ketones (excluding diaryl/α,β-unsaturated/α-hetero) is 1. The number of anilines is 1. The summed E-state index contributed by atoms with van der Waals surface area (Å²) >= 11 is 1.36. The smallest absolute Gasteiger partial charge is 0.383 e. The Bertz CT molecular complexity index is 1620. The van der Waals surface area contributed by atoms with Gasteiger partial charge >= 0.3 is 12.1 Å². The van der Waals surface area contributed by atoms with Crippen LogP contribution in [0.15, 0.2) is 46.9 Å². The third kappa shape index (κ3) is 13.8. The summed E-state index contributed by atoms with van der Waals surface area (Å²) in [4.78, 5) is 41.0. The van der Waals surface area contributed by atoms with Crippen LogP contribution >= 0.6 is 11.8 Å². The average Bonchev–Trinajstić information content (AvgIpc) is 3.11. The molecule has 0 bridgehead atoms. The number of hydroxylamine groups is 1. The lowest BCUT2D eigenvalue weighted by molar-refractivity contribution is -0.284. The molecule has 55 heavy (non-hydrogen) atoms. The van der Waals surface area contributed by atoms with Gasteiger partial charge in [-0.3, -0.25) is 19.8 Å². The van der Waals surface area contributed by atoms with Crippen molar-refractivity contribution in [2.24, 2.45) is 5.41 Å². The number of aryl methyl sites for hydroxylation is 1. The summed E-state index contributed by atoms with van der Waals surface area (Å²) in [5, 5.41) is 11.1. The third-order valence-electron chi connectivity index (χ3n) is 8.72. The molecule has 0 aliphatic heterocycles. The minimum atomic E-state index is -5.39. The Morgan fingerprint density at radius 2 is 1.64 bits per heavy atom. The van der Waals surface area contributed by atoms with Crippen molar-refractivity contribution in [1.82, 2.24) is 20.4 Å². The van der Waals surface area contributed by atoms with E-state index in [9.17, 15) is 31.5 Å². The second-order valence-corrected chi connectivity index (χ2v) is 14.9. The fourth-order valence-electron chi connectivity index (χ4n) is 5.65. The molecule has 0 aliphatic carbocycles. The lowest BCUT2D eigenvalue weighted by Gasteiger charge is -2.32. The first-order chi connectivity index (χ1) is 25.5. The molecular formula is C41H62F5N5O3S. The van der Waals surface area contributed by atoms with Crippen molar-refractivity contribution >= 4 is 34.8 Å². The van der Waals surface area contributed by atoms with E-state index in [0.717, 1.165) is 28.8 Å². The molecule has 4 N–H and O–H groups in total. The molecule has 2 aromatic heterocycles. The van der Waals surface area contributed by atoms with Crippen LogP contribution in [0.4, 0.5) is 27.8 Å². The van der Waals surface area contributed by atoms with E-state index in [1.165, 1.54) is 18.7 Å². The van der Waals surface area contributed by atoms with Gasteiger partial charge in [-0.05, 0) is 61.8 Å². The summed E-state index contributed by atoms with van der Waals surface area (Å²) < 4.78 is 57.4. The van der Waals surface area contributed by atoms with Gasteiger partial charge in [-0.1, -0.05) is 100.0 Å². The first kappa shape index (κ1) is 51.4. The van der Waals surface area contributed by atoms with E-state index >= 15 is 0 Å². The van der Waals surface area contributed by atoms with Crippen LogP contribution in [-0.2, 0) is 15.0 Å². The number of rotatable bonds is 17. The molecule has 1 atom stereocenters. The molecule has 310 valence electrons. The van der Waals surface area contributed by atoms with Crippen LogP contribution in [0.1, 0.15) is 155 Å². The number of ketones is 1. The van der Waals surface area contributed by atoms with Crippen molar-refractivity contribution in [3.8, 4) is 0 Å². The maximum atomic E-state index is 13.8. The van der Waals surface area contributed by atoms with Gasteiger partial charge in [0.05, 0.1) is 11.1 Å². The zero-order valence-corrected chi connectivity index (χ0v) is 35.4. The lowest BCUT2D eigenvalue weighted by Crippen LogP contribution is -2.36. The second-order valence-electron chi connectivity index (χ2n) is 13.9. The Kier molecular flexibility index (Phi) is 21.3. The molecule has 0 aliphatic rings. The molecule has 2 rings (SSSR count). The van der Waals surface area contributed by atoms with Crippen molar-refractivity contribution in [1.29, 1.82) is 0 Å². The first-order valence-corrected chi connectivity index (χ1v) is 19.6. The van der Waals surface area contributed by atoms with Gasteiger partial charge in [0, 0.05) is 46.8 Å². The monoisotopic (exact) mass is 799 g/mol. The van der Waals surface area contributed by atoms with Gasteiger partial charge in [0.2, 0.25) is 5.91 Å². The van der Waals surface area contributed by atoms with Crippen molar-refractivity contribution in [2.45, 2.75) is 151 Å². The number of halogens is 5. The van der Waals surface area contributed by atoms with Crippen molar-refractivity contribution < 1.29 is 36.7 Å². The highest BCUT2D eigenvalue weighted by atomic mass is 32.2. The number of carbonyl (C=O) groups excluding carboxylic acids is 2. The molecular weight excluding hydrogens is 738 g/mol. The van der Waals surface area contributed by atoms with E-state index < -0.39 is 35.3 Å². The molecule has 0 saturated heterocycles. The van der Waals surface area contributed by atoms with Crippen LogP contribution in [0.25, 0.3) is 5.57 Å². The van der Waals surface area contributed by atoms with Gasteiger partial charge in [0.15, 0.2) is 5.82 Å². The molecule has 2 aromatic rings. The van der Waals surface area contributed by atoms with E-state index in [0.29, 0.717) is 47.7 Å². The van der Waals surface area contributed by atoms with Gasteiger partial charge in [-0.2, -0.15) is 22.0 Å². The van der Waals surface area contributed by atoms with Gasteiger partial charge in [-0.15, -0.1) is 11.8 Å². The van der Waals surface area contributed by atoms with Gasteiger partial charge < -0.3 is 5.73 Å². The van der Waals surface area contributed by atoms with Crippen molar-refractivity contribution in [3.63, 3.8) is 0 Å². The van der Waals surface area contributed by atoms with Crippen LogP contribution in [0.2, 0.25) is 0 Å². The number of hydrogen-bond donors (Lipinski definition) is 3. The largest absolute Gasteiger partial charge is 0.453 e. The number of hydrogen-bond acceptors (Lipinski definition) is 8. The fourth-order valence-corrected chi connectivity index (χ4v) is 6.66. The fraction of sp³-hybridized carbons (Fsp3) is 0.585. The summed E-state index contributed by atoms with van der Waals surface area (Å²) in [5.74, 6) is -4.03. The Hall–Kier alpha value is -3.65. The number of aromatic nitrogens is 3. The minimum Gasteiger partial charge on any atom is -0.383 e. The van der Waals surface area contributed by atoms with Crippen LogP contribution in [0.5, 0.6) is 0 Å². The molecule has 8 nitrogen and oxygen atoms in total. The molecule has 0 radical (unpaired) electrons. The van der Waals surface area contributed by atoms with E-state index in [2.05, 4.69) is 38.4 Å². The number of nitrogens with zero attached hydrogens (tertiary/aromatic N) is 3. The van der Waals surface area contributed by atoms with E-state index in [1.807, 2.05) is 59.1 Å². The summed E-state index contributed by atoms with van der Waals surface area (Å²) in [6.07, 6.45) is 0.116. The second kappa shape index (κ2) is 22.8. The Balaban J connectivity index is 0.00000210. The number of nitrogen functional groups attached to an aromatic ring is 1. The average molecular weight is 800 g/mol. The van der Waals surface area contributed by atoms with Crippen LogP contribution in [-0.4, -0.2) is 43.9 Å². The number of alkyl halides is 5. The molecule has 0 saturated carbocycles. The third-order valence-corrected chi connectivity index (χ3v) is 9.86. The number of carbonyl (C=O) groups is 2. The minimum absolute atomic E-state index is 0.0104. The maximum absolute atomic E-state index is 13.8. The Labute approximate surface area is 329 Å². The summed E-state index contributed by atoms with van der Waals surface area (Å²) in [5.41, 5.74) is 11.5. The topological polar surface area (TPSA) is 131 Å². The molecule has 0 fully saturated rings. The number of allylic oxidation sites excluding steroid dienone is 3. The zero-order valence-electron chi connectivity index (χ0n) is 34.6. The highest BCUT2D eigenvalue weighted by Gasteiger charge is 2.56. The van der Waals surface area contributed by atoms with E-state index in [1.54, 1.807) is 25.5 Å². The van der Waals surface area contributed by atoms with Gasteiger partial charge in [-0.25, -0.2) is 15.4 Å². The van der Waals surface area contributed by atoms with E-state index in [4.69, 9.17) is 20.9 Å². The Morgan fingerprint density at radius 1 is 1.04 bits per heavy atom. The summed E-state index contributed by atoms with van der Waals surface area (Å²) in [6, 6.07) is 3.94. The van der Waals surface area contributed by atoms with Crippen LogP contribution < -0.4 is 11.2 Å². The number of nitrogens with one attached hydrogen (secondary N) is 1. The lowest BCUT2D eigenvalue weighted by atomic mass is 9.76. The summed E-state index contributed by atoms with van der Waals surface area (Å²) in [7, 11) is 0. The SMILES string of the molecule is C=C(S/C=C(\CC)CC(C)(C)C(=O)NO)[C@](C)(C(=O)CCC)c1c(C)nc(C(=CCC)c2cccnc2C(C)C)nc1N.CC.CCCC(F)(F)C(F)(F)F. The molecule has 0 aromatic carbocycles. The Morgan fingerprint density at radius 3 is 2.07 bits per heavy atom. The summed E-state index contributed by atoms with van der Waals surface area (Å²) in [6.45, 7) is 27.1. The number of amides is 1. The maximum Gasteiger partial charge on any atom is 0.453 e. The van der Waals surface area contributed by atoms with Gasteiger partial charge in [0.1, 0.15) is 11.6 Å². The van der Waals surface area contributed by atoms with Crippen LogP contribution in [0, 0.1) is 12.3 Å². The molecule has 0 unspecified atom stereocenters. The predicted molar refractivity (Wildman–Crippen MR) is 215 cm³/mol. The normalized spacial score (nSPS) is 13.6. The standard InChI is InChI=1S/C34H49N5O3S.C5H7F5.C2H6/c1-11-15-26(25-17-14-18-36-29(25)21(4)5)31-37-22(6)28(30(35)38-31)34(10,27(40)16-12-2)23(7)43-20-24(13-3)19-33(8,9)32(41)39-42;1-2-3-4(6,7)5(8,9)10;1-2/h14-15,17-18,20-21,42H,7,11-13,16,19H2,1-6,8-10H3,(H,39,41)(H2,35,37,38);2-3H2,1H3;1-2H3/b24-20+,26-15?;;/t34-;;/m1../s1. The number of pyridine rings is 1. The van der Waals surface area contributed by atoms with Crippen molar-refractivity contribution in [3.05, 3.63) is 75.2 Å². The first-order valence-electron chi connectivity index (χ1n) is 18.8. The van der Waals surface area contributed by atoms with Crippen LogP contribution in [0.3, 0.4) is 0 Å².